The lowest BCUT2D eigenvalue weighted by atomic mass is 10.1. The molecule has 7 heteroatoms. The second kappa shape index (κ2) is 9.47. The Bertz CT molecular complexity index is 801. The van der Waals surface area contributed by atoms with Crippen molar-refractivity contribution in [3.05, 3.63) is 47.5 Å². The molecule has 0 saturated heterocycles. The van der Waals surface area contributed by atoms with Gasteiger partial charge in [-0.05, 0) is 24.1 Å². The molecule has 0 atom stereocenters. The van der Waals surface area contributed by atoms with Gasteiger partial charge in [-0.2, -0.15) is 0 Å². The van der Waals surface area contributed by atoms with E-state index in [2.05, 4.69) is 12.2 Å². The summed E-state index contributed by atoms with van der Waals surface area (Å²) < 4.78 is 15.8. The summed E-state index contributed by atoms with van der Waals surface area (Å²) in [6.07, 6.45) is 1.02. The van der Waals surface area contributed by atoms with Crippen LogP contribution in [-0.4, -0.2) is 37.8 Å². The van der Waals surface area contributed by atoms with Crippen LogP contribution in [0.15, 0.2) is 36.4 Å². The van der Waals surface area contributed by atoms with Crippen LogP contribution in [0.25, 0.3) is 0 Å². The molecule has 144 valence electrons. The Morgan fingerprint density at radius 1 is 1.04 bits per heavy atom. The number of carboxylic acid groups (broad SMARTS) is 1. The zero-order valence-corrected chi connectivity index (χ0v) is 15.6. The first-order valence-electron chi connectivity index (χ1n) is 8.49. The molecule has 0 saturated carbocycles. The molecule has 2 rings (SSSR count). The molecule has 0 aliphatic heterocycles. The van der Waals surface area contributed by atoms with Crippen LogP contribution in [-0.2, 0) is 11.2 Å². The Kier molecular flexibility index (Phi) is 7.05. The number of hydrogen-bond acceptors (Lipinski definition) is 5. The molecule has 0 aromatic heterocycles. The first-order chi connectivity index (χ1) is 13.0. The van der Waals surface area contributed by atoms with Crippen molar-refractivity contribution in [1.82, 2.24) is 0 Å². The molecule has 0 aliphatic carbocycles. The normalized spacial score (nSPS) is 10.2. The maximum absolute atomic E-state index is 12.2. The predicted octanol–water partition coefficient (Wildman–Crippen LogP) is 3.37. The number of ether oxygens (including phenoxy) is 3. The van der Waals surface area contributed by atoms with Crippen molar-refractivity contribution in [1.29, 1.82) is 0 Å². The van der Waals surface area contributed by atoms with Gasteiger partial charge < -0.3 is 24.6 Å². The molecule has 2 aromatic rings. The third-order valence-electron chi connectivity index (χ3n) is 3.96. The summed E-state index contributed by atoms with van der Waals surface area (Å²) >= 11 is 0. The summed E-state index contributed by atoms with van der Waals surface area (Å²) in [4.78, 5) is 23.6. The molecular formula is C20H23NO6. The van der Waals surface area contributed by atoms with Gasteiger partial charge >= 0.3 is 5.97 Å². The third-order valence-corrected chi connectivity index (χ3v) is 3.96. The quantitative estimate of drug-likeness (QED) is 0.700. The minimum Gasteiger partial charge on any atom is -0.493 e. The summed E-state index contributed by atoms with van der Waals surface area (Å²) in [6, 6.07) is 10.4. The number of anilines is 1. The summed E-state index contributed by atoms with van der Waals surface area (Å²) in [5.41, 5.74) is 1.25. The number of aromatic carboxylic acids is 1. The number of amides is 1. The maximum Gasteiger partial charge on any atom is 0.337 e. The Balaban J connectivity index is 2.00. The molecule has 0 unspecified atom stereocenters. The summed E-state index contributed by atoms with van der Waals surface area (Å²) in [6.45, 7) is 2.24. The molecular weight excluding hydrogens is 350 g/mol. The highest BCUT2D eigenvalue weighted by atomic mass is 16.5. The number of aryl methyl sites for hydroxylation is 1. The Labute approximate surface area is 157 Å². The standard InChI is InChI=1S/C20H23NO6/c1-4-13-5-7-14(8-6-13)27-10-9-19(22)21-16-12-18(26-3)17(25-2)11-15(16)20(23)24/h5-8,11-12H,4,9-10H2,1-3H3,(H,21,22)(H,23,24). The molecule has 1 amide bonds. The van der Waals surface area contributed by atoms with E-state index in [1.807, 2.05) is 24.3 Å². The number of carbonyl (C=O) groups is 2. The SMILES string of the molecule is CCc1ccc(OCCC(=O)Nc2cc(OC)c(OC)cc2C(=O)O)cc1. The largest absolute Gasteiger partial charge is 0.493 e. The van der Waals surface area contributed by atoms with E-state index in [0.717, 1.165) is 6.42 Å². The fourth-order valence-electron chi connectivity index (χ4n) is 2.46. The van der Waals surface area contributed by atoms with E-state index in [0.29, 0.717) is 11.5 Å². The third kappa shape index (κ3) is 5.37. The first kappa shape index (κ1) is 20.1. The van der Waals surface area contributed by atoms with E-state index in [1.165, 1.54) is 31.9 Å². The number of methoxy groups -OCH3 is 2. The van der Waals surface area contributed by atoms with Crippen molar-refractivity contribution in [3.63, 3.8) is 0 Å². The fourth-order valence-corrected chi connectivity index (χ4v) is 2.46. The topological polar surface area (TPSA) is 94.1 Å². The number of benzene rings is 2. The Morgan fingerprint density at radius 3 is 2.22 bits per heavy atom. The molecule has 2 N–H and O–H groups in total. The van der Waals surface area contributed by atoms with Gasteiger partial charge in [-0.15, -0.1) is 0 Å². The van der Waals surface area contributed by atoms with E-state index in [4.69, 9.17) is 14.2 Å². The van der Waals surface area contributed by atoms with Crippen molar-refractivity contribution in [2.45, 2.75) is 19.8 Å². The number of hydrogen-bond donors (Lipinski definition) is 2. The van der Waals surface area contributed by atoms with Crippen LogP contribution in [0, 0.1) is 0 Å². The Morgan fingerprint density at radius 2 is 1.67 bits per heavy atom. The van der Waals surface area contributed by atoms with E-state index in [9.17, 15) is 14.7 Å². The average Bonchev–Trinajstić information content (AvgIpc) is 2.67. The lowest BCUT2D eigenvalue weighted by Crippen LogP contribution is -2.17. The smallest absolute Gasteiger partial charge is 0.337 e. The van der Waals surface area contributed by atoms with Crippen molar-refractivity contribution in [2.75, 3.05) is 26.1 Å². The van der Waals surface area contributed by atoms with E-state index in [1.54, 1.807) is 0 Å². The average molecular weight is 373 g/mol. The van der Waals surface area contributed by atoms with Gasteiger partial charge in [0.2, 0.25) is 5.91 Å². The van der Waals surface area contributed by atoms with Crippen LogP contribution in [0.1, 0.15) is 29.3 Å². The van der Waals surface area contributed by atoms with Crippen LogP contribution in [0.3, 0.4) is 0 Å². The monoisotopic (exact) mass is 373 g/mol. The molecule has 0 spiro atoms. The van der Waals surface area contributed by atoms with Crippen molar-refractivity contribution in [2.24, 2.45) is 0 Å². The molecule has 0 bridgehead atoms. The van der Waals surface area contributed by atoms with Crippen LogP contribution >= 0.6 is 0 Å². The minimum atomic E-state index is -1.18. The Hall–Kier alpha value is -3.22. The van der Waals surface area contributed by atoms with Gasteiger partial charge in [0.25, 0.3) is 0 Å². The van der Waals surface area contributed by atoms with Crippen molar-refractivity contribution < 1.29 is 28.9 Å². The second-order valence-electron chi connectivity index (χ2n) is 5.70. The van der Waals surface area contributed by atoms with Gasteiger partial charge in [0, 0.05) is 12.1 Å². The molecule has 0 aliphatic rings. The maximum atomic E-state index is 12.2. The predicted molar refractivity (Wildman–Crippen MR) is 101 cm³/mol. The van der Waals surface area contributed by atoms with Gasteiger partial charge in [0.15, 0.2) is 11.5 Å². The zero-order valence-electron chi connectivity index (χ0n) is 15.6. The van der Waals surface area contributed by atoms with Crippen LogP contribution < -0.4 is 19.5 Å². The van der Waals surface area contributed by atoms with Crippen LogP contribution in [0.5, 0.6) is 17.2 Å². The summed E-state index contributed by atoms with van der Waals surface area (Å²) in [5.74, 6) is -0.275. The van der Waals surface area contributed by atoms with Gasteiger partial charge in [0.1, 0.15) is 5.75 Å². The lowest BCUT2D eigenvalue weighted by molar-refractivity contribution is -0.116. The van der Waals surface area contributed by atoms with Crippen molar-refractivity contribution in [3.8, 4) is 17.2 Å². The summed E-state index contributed by atoms with van der Waals surface area (Å²) in [7, 11) is 2.84. The molecule has 7 nitrogen and oxygen atoms in total. The van der Waals surface area contributed by atoms with Gasteiger partial charge in [-0.3, -0.25) is 4.79 Å². The highest BCUT2D eigenvalue weighted by Gasteiger charge is 2.18. The van der Waals surface area contributed by atoms with Gasteiger partial charge in [0.05, 0.1) is 38.5 Å². The molecule has 27 heavy (non-hydrogen) atoms. The number of carbonyl (C=O) groups excluding carboxylic acids is 1. The van der Waals surface area contributed by atoms with Crippen LogP contribution in [0.4, 0.5) is 5.69 Å². The lowest BCUT2D eigenvalue weighted by Gasteiger charge is -2.14. The van der Waals surface area contributed by atoms with E-state index < -0.39 is 5.97 Å². The summed E-state index contributed by atoms with van der Waals surface area (Å²) in [5, 5.41) is 11.9. The molecule has 2 aromatic carbocycles. The number of carboxylic acids is 1. The highest BCUT2D eigenvalue weighted by Crippen LogP contribution is 2.33. The molecule has 0 heterocycles. The first-order valence-corrected chi connectivity index (χ1v) is 8.49. The molecule has 0 radical (unpaired) electrons. The molecule has 0 fully saturated rings. The fraction of sp³-hybridized carbons (Fsp3) is 0.300. The number of rotatable bonds is 9. The zero-order chi connectivity index (χ0) is 19.8. The van der Waals surface area contributed by atoms with Gasteiger partial charge in [-0.1, -0.05) is 19.1 Å². The van der Waals surface area contributed by atoms with E-state index in [-0.39, 0.29) is 35.9 Å². The van der Waals surface area contributed by atoms with Crippen LogP contribution in [0.2, 0.25) is 0 Å². The van der Waals surface area contributed by atoms with E-state index >= 15 is 0 Å². The highest BCUT2D eigenvalue weighted by molar-refractivity contribution is 6.01. The second-order valence-corrected chi connectivity index (χ2v) is 5.70. The van der Waals surface area contributed by atoms with Crippen molar-refractivity contribution >= 4 is 17.6 Å². The number of nitrogens with one attached hydrogen (secondary N) is 1. The minimum absolute atomic E-state index is 0.0724. The van der Waals surface area contributed by atoms with Gasteiger partial charge in [-0.25, -0.2) is 4.79 Å².